The number of morpholine rings is 1. The van der Waals surface area contributed by atoms with Crippen LogP contribution < -0.4 is 0 Å². The number of amides is 1. The van der Waals surface area contributed by atoms with Gasteiger partial charge >= 0.3 is 0 Å². The average molecular weight is 465 g/mol. The molecule has 0 aromatic carbocycles. The third-order valence-corrected chi connectivity index (χ3v) is 5.21. The van der Waals surface area contributed by atoms with E-state index in [-0.39, 0.29) is 5.91 Å². The van der Waals surface area contributed by atoms with Crippen molar-refractivity contribution in [3.8, 4) is 0 Å². The van der Waals surface area contributed by atoms with E-state index in [0.29, 0.717) is 13.2 Å². The predicted molar refractivity (Wildman–Crippen MR) is 146 cm³/mol. The largest absolute Gasteiger partial charge is 0.378 e. The van der Waals surface area contributed by atoms with E-state index in [1.54, 1.807) is 11.0 Å². The van der Waals surface area contributed by atoms with Gasteiger partial charge in [-0.25, -0.2) is 0 Å². The van der Waals surface area contributed by atoms with Crippen LogP contribution in [0.2, 0.25) is 0 Å². The lowest BCUT2D eigenvalue weighted by Gasteiger charge is -2.31. The van der Waals surface area contributed by atoms with Gasteiger partial charge in [0.15, 0.2) is 0 Å². The van der Waals surface area contributed by atoms with Crippen molar-refractivity contribution in [3.63, 3.8) is 0 Å². The van der Waals surface area contributed by atoms with Crippen LogP contribution in [-0.2, 0) is 9.53 Å². The normalized spacial score (nSPS) is 17.4. The molecule has 1 amide bonds. The van der Waals surface area contributed by atoms with E-state index < -0.39 is 0 Å². The minimum atomic E-state index is -0.0303. The lowest BCUT2D eigenvalue weighted by Crippen LogP contribution is -2.36. The minimum absolute atomic E-state index is 0.0303. The zero-order valence-corrected chi connectivity index (χ0v) is 22.7. The molecule has 2 aliphatic rings. The first-order valence-electron chi connectivity index (χ1n) is 12.3. The van der Waals surface area contributed by atoms with E-state index in [4.69, 9.17) is 4.74 Å². The summed E-state index contributed by atoms with van der Waals surface area (Å²) in [5, 5.41) is 0. The summed E-state index contributed by atoms with van der Waals surface area (Å²) in [6.45, 7) is 21.4. The van der Waals surface area contributed by atoms with Crippen LogP contribution in [0.1, 0.15) is 62.3 Å². The summed E-state index contributed by atoms with van der Waals surface area (Å²) in [7, 11) is 0. The number of carbonyl (C=O) groups excluding carboxylic acids is 1. The lowest BCUT2D eigenvalue weighted by molar-refractivity contribution is -0.122. The zero-order chi connectivity index (χ0) is 25.7. The molecule has 0 spiro atoms. The van der Waals surface area contributed by atoms with Gasteiger partial charge in [-0.15, -0.1) is 0 Å². The third-order valence-electron chi connectivity index (χ3n) is 5.21. The molecule has 0 aliphatic carbocycles. The molecule has 0 N–H and O–H groups in total. The predicted octanol–water partition coefficient (Wildman–Crippen LogP) is 7.24. The summed E-state index contributed by atoms with van der Waals surface area (Å²) < 4.78 is 5.43. The summed E-state index contributed by atoms with van der Waals surface area (Å²) in [4.78, 5) is 17.3. The Hall–Kier alpha value is -2.85. The molecule has 4 heteroatoms. The first-order valence-corrected chi connectivity index (χ1v) is 12.3. The fraction of sp³-hybridized carbons (Fsp3) is 0.433. The second-order valence-electron chi connectivity index (χ2n) is 8.66. The number of hydrogen-bond acceptors (Lipinski definition) is 3. The molecule has 0 aromatic heterocycles. The van der Waals surface area contributed by atoms with Crippen LogP contribution in [0.4, 0.5) is 0 Å². The molecule has 186 valence electrons. The van der Waals surface area contributed by atoms with Crippen molar-refractivity contribution in [1.82, 2.24) is 9.80 Å². The fourth-order valence-electron chi connectivity index (χ4n) is 3.65. The van der Waals surface area contributed by atoms with Gasteiger partial charge in [0, 0.05) is 31.1 Å². The Kier molecular flexibility index (Phi) is 13.0. The van der Waals surface area contributed by atoms with Gasteiger partial charge in [-0.05, 0) is 71.3 Å². The molecule has 34 heavy (non-hydrogen) atoms. The van der Waals surface area contributed by atoms with E-state index in [1.807, 2.05) is 46.9 Å². The Bertz CT molecular complexity index is 938. The molecule has 0 aromatic rings. The third kappa shape index (κ3) is 9.18. The van der Waals surface area contributed by atoms with E-state index in [9.17, 15) is 4.79 Å². The Morgan fingerprint density at radius 3 is 2.21 bits per heavy atom. The van der Waals surface area contributed by atoms with Gasteiger partial charge < -0.3 is 9.64 Å². The molecule has 0 bridgehead atoms. The zero-order valence-electron chi connectivity index (χ0n) is 22.7. The highest BCUT2D eigenvalue weighted by Crippen LogP contribution is 2.29. The van der Waals surface area contributed by atoms with Gasteiger partial charge in [-0.2, -0.15) is 0 Å². The van der Waals surface area contributed by atoms with Crippen molar-refractivity contribution >= 4 is 5.91 Å². The van der Waals surface area contributed by atoms with E-state index in [1.165, 1.54) is 5.57 Å². The van der Waals surface area contributed by atoms with Crippen molar-refractivity contribution in [2.45, 2.75) is 62.3 Å². The second-order valence-corrected chi connectivity index (χ2v) is 8.66. The highest BCUT2D eigenvalue weighted by Gasteiger charge is 2.22. The highest BCUT2D eigenvalue weighted by atomic mass is 16.5. The van der Waals surface area contributed by atoms with Crippen molar-refractivity contribution in [1.29, 1.82) is 0 Å². The summed E-state index contributed by atoms with van der Waals surface area (Å²) in [6.07, 6.45) is 18.3. The second kappa shape index (κ2) is 15.1. The first kappa shape index (κ1) is 29.2. The van der Waals surface area contributed by atoms with Gasteiger partial charge in [0.1, 0.15) is 0 Å². The van der Waals surface area contributed by atoms with Crippen molar-refractivity contribution in [3.05, 3.63) is 94.1 Å². The summed E-state index contributed by atoms with van der Waals surface area (Å²) in [6, 6.07) is 0. The molecule has 0 atom stereocenters. The topological polar surface area (TPSA) is 32.8 Å². The smallest absolute Gasteiger partial charge is 0.256 e. The molecule has 0 radical (unpaired) electrons. The SMILES string of the molecule is CC.C\C=C/C(/C=C/C1=CC(C)=CN(C(=O)/C=C(\C)N2CCOCC2)C1=C(C)C)=C\C=C(C)C. The molecular formula is C30H44N2O2. The quantitative estimate of drug-likeness (QED) is 0.307. The van der Waals surface area contributed by atoms with Crippen molar-refractivity contribution in [2.24, 2.45) is 0 Å². The van der Waals surface area contributed by atoms with Crippen LogP contribution in [0.3, 0.4) is 0 Å². The molecular weight excluding hydrogens is 420 g/mol. The van der Waals surface area contributed by atoms with Gasteiger partial charge in [0.25, 0.3) is 5.91 Å². The molecule has 2 aliphatic heterocycles. The van der Waals surface area contributed by atoms with Crippen LogP contribution in [0.5, 0.6) is 0 Å². The summed E-state index contributed by atoms with van der Waals surface area (Å²) >= 11 is 0. The molecule has 0 saturated carbocycles. The number of hydrogen-bond donors (Lipinski definition) is 0. The van der Waals surface area contributed by atoms with Gasteiger partial charge in [-0.3, -0.25) is 9.69 Å². The monoisotopic (exact) mass is 464 g/mol. The Labute approximate surface area is 208 Å². The van der Waals surface area contributed by atoms with Crippen molar-refractivity contribution < 1.29 is 9.53 Å². The maximum absolute atomic E-state index is 13.3. The Morgan fingerprint density at radius 1 is 1.00 bits per heavy atom. The average Bonchev–Trinajstić information content (AvgIpc) is 2.81. The lowest BCUT2D eigenvalue weighted by atomic mass is 9.99. The number of allylic oxidation sites excluding steroid dienone is 12. The van der Waals surface area contributed by atoms with Crippen LogP contribution in [0.25, 0.3) is 0 Å². The number of nitrogens with zero attached hydrogens (tertiary/aromatic N) is 2. The van der Waals surface area contributed by atoms with E-state index >= 15 is 0 Å². The van der Waals surface area contributed by atoms with Crippen LogP contribution >= 0.6 is 0 Å². The van der Waals surface area contributed by atoms with Crippen LogP contribution in [0.15, 0.2) is 94.1 Å². The molecule has 2 rings (SSSR count). The number of ether oxygens (including phenoxy) is 1. The number of rotatable bonds is 6. The van der Waals surface area contributed by atoms with Gasteiger partial charge in [0.2, 0.25) is 0 Å². The van der Waals surface area contributed by atoms with E-state index in [2.05, 4.69) is 69.1 Å². The standard InChI is InChI=1S/C28H38N2O2.C2H6/c1-8-9-25(11-10-21(2)3)12-13-26-18-23(6)20-30(28(26)22(4)5)27(31)19-24(7)29-14-16-32-17-15-29;1-2/h8-13,18-20H,14-17H2,1-7H3;1-2H3/b9-8-,13-12+,24-19+,25-11+;. The minimum Gasteiger partial charge on any atom is -0.378 e. The molecule has 4 nitrogen and oxygen atoms in total. The molecule has 0 unspecified atom stereocenters. The maximum atomic E-state index is 13.3. The molecule has 1 fully saturated rings. The number of carbonyl (C=O) groups is 1. The molecule has 1 saturated heterocycles. The first-order chi connectivity index (χ1) is 16.2. The van der Waals surface area contributed by atoms with Gasteiger partial charge in [0.05, 0.1) is 18.9 Å². The summed E-state index contributed by atoms with van der Waals surface area (Å²) in [5.74, 6) is -0.0303. The maximum Gasteiger partial charge on any atom is 0.256 e. The highest BCUT2D eigenvalue weighted by molar-refractivity contribution is 5.91. The van der Waals surface area contributed by atoms with Crippen LogP contribution in [-0.4, -0.2) is 42.0 Å². The van der Waals surface area contributed by atoms with Crippen molar-refractivity contribution in [2.75, 3.05) is 26.3 Å². The van der Waals surface area contributed by atoms with Gasteiger partial charge in [-0.1, -0.05) is 61.4 Å². The Balaban J connectivity index is 0.00000281. The van der Waals surface area contributed by atoms with E-state index in [0.717, 1.165) is 46.8 Å². The fourth-order valence-corrected chi connectivity index (χ4v) is 3.65. The Morgan fingerprint density at radius 2 is 1.65 bits per heavy atom. The molecule has 2 heterocycles. The summed E-state index contributed by atoms with van der Waals surface area (Å²) in [5.41, 5.74) is 7.44. The van der Waals surface area contributed by atoms with Crippen LogP contribution in [0, 0.1) is 0 Å².